The van der Waals surface area contributed by atoms with Gasteiger partial charge in [0.05, 0.1) is 12.4 Å². The highest BCUT2D eigenvalue weighted by Crippen LogP contribution is 2.23. The van der Waals surface area contributed by atoms with Crippen molar-refractivity contribution in [1.82, 2.24) is 19.8 Å². The smallest absolute Gasteiger partial charge is 0.233 e. The Balaban J connectivity index is 2.04. The Morgan fingerprint density at radius 2 is 2.00 bits per heavy atom. The number of hydrogen-bond donors (Lipinski definition) is 1. The van der Waals surface area contributed by atoms with E-state index in [1.165, 1.54) is 16.4 Å². The lowest BCUT2D eigenvalue weighted by Gasteiger charge is -2.20. The van der Waals surface area contributed by atoms with Gasteiger partial charge in [0.15, 0.2) is 5.82 Å². The number of amides is 1. The minimum absolute atomic E-state index is 0.0196. The summed E-state index contributed by atoms with van der Waals surface area (Å²) in [6, 6.07) is 7.48. The summed E-state index contributed by atoms with van der Waals surface area (Å²) < 4.78 is 6.84. The summed E-state index contributed by atoms with van der Waals surface area (Å²) in [5.41, 5.74) is 1.78. The number of hydrogen-bond acceptors (Lipinski definition) is 6. The number of nitrogens with two attached hydrogens (primary N) is 1. The molecule has 0 unspecified atom stereocenters. The van der Waals surface area contributed by atoms with E-state index in [0.717, 1.165) is 16.9 Å². The molecule has 1 aromatic carbocycles. The van der Waals surface area contributed by atoms with Crippen molar-refractivity contribution >= 4 is 17.7 Å². The van der Waals surface area contributed by atoms with E-state index in [-0.39, 0.29) is 11.7 Å². The molecular weight excluding hydrogens is 350 g/mol. The Hall–Kier alpha value is -2.48. The lowest BCUT2D eigenvalue weighted by atomic mass is 10.2. The van der Waals surface area contributed by atoms with Crippen LogP contribution in [-0.4, -0.2) is 51.1 Å². The summed E-state index contributed by atoms with van der Waals surface area (Å²) >= 11 is 1.27. The van der Waals surface area contributed by atoms with E-state index in [4.69, 9.17) is 10.6 Å². The number of rotatable bonds is 9. The first-order chi connectivity index (χ1) is 12.5. The summed E-state index contributed by atoms with van der Waals surface area (Å²) in [4.78, 5) is 14.1. The Labute approximate surface area is 158 Å². The number of benzene rings is 1. The number of thioether (sulfide) groups is 1. The van der Waals surface area contributed by atoms with Crippen LogP contribution in [0.1, 0.15) is 20.8 Å². The number of nitrogen functional groups attached to an aromatic ring is 1. The average molecular weight is 375 g/mol. The average Bonchev–Trinajstić information content (AvgIpc) is 2.99. The van der Waals surface area contributed by atoms with E-state index in [9.17, 15) is 4.79 Å². The lowest BCUT2D eigenvalue weighted by Crippen LogP contribution is -2.33. The summed E-state index contributed by atoms with van der Waals surface area (Å²) in [6.07, 6.45) is 0. The number of aromatic nitrogens is 3. The Morgan fingerprint density at radius 3 is 2.58 bits per heavy atom. The van der Waals surface area contributed by atoms with E-state index < -0.39 is 0 Å². The fourth-order valence-corrected chi connectivity index (χ4v) is 3.12. The molecule has 0 aliphatic heterocycles. The summed E-state index contributed by atoms with van der Waals surface area (Å²) in [6.45, 7) is 11.5. The maximum atomic E-state index is 12.3. The van der Waals surface area contributed by atoms with Gasteiger partial charge < -0.3 is 15.5 Å². The molecule has 0 saturated heterocycles. The van der Waals surface area contributed by atoms with Gasteiger partial charge in [-0.15, -0.1) is 10.2 Å². The van der Waals surface area contributed by atoms with Gasteiger partial charge in [0.1, 0.15) is 5.75 Å². The fraction of sp³-hybridized carbons (Fsp3) is 0.389. The number of nitrogens with zero attached hydrogens (tertiary/aromatic N) is 4. The zero-order chi connectivity index (χ0) is 19.1. The zero-order valence-corrected chi connectivity index (χ0v) is 16.3. The van der Waals surface area contributed by atoms with Crippen LogP contribution in [0.2, 0.25) is 0 Å². The van der Waals surface area contributed by atoms with E-state index in [1.807, 2.05) is 45.0 Å². The van der Waals surface area contributed by atoms with E-state index >= 15 is 0 Å². The van der Waals surface area contributed by atoms with Crippen LogP contribution in [0.25, 0.3) is 11.4 Å². The Bertz CT molecular complexity index is 757. The lowest BCUT2D eigenvalue weighted by molar-refractivity contribution is -0.127. The van der Waals surface area contributed by atoms with Gasteiger partial charge in [-0.25, -0.2) is 4.68 Å². The molecule has 1 heterocycles. The molecule has 2 rings (SSSR count). The van der Waals surface area contributed by atoms with Crippen LogP contribution < -0.4 is 10.6 Å². The molecule has 1 amide bonds. The third-order valence-corrected chi connectivity index (χ3v) is 4.54. The standard InChI is InChI=1S/C18H25N5O2S/c1-5-22(11-13(3)4)16(24)12-26-18-21-20-17(23(18)19)14-7-9-15(10-8-14)25-6-2/h7-10H,3,5-6,11-12,19H2,1-2,4H3. The summed E-state index contributed by atoms with van der Waals surface area (Å²) in [5.74, 6) is 7.71. The molecule has 8 heteroatoms. The van der Waals surface area contributed by atoms with Crippen molar-refractivity contribution < 1.29 is 9.53 Å². The van der Waals surface area contributed by atoms with E-state index in [1.54, 1.807) is 4.90 Å². The Morgan fingerprint density at radius 1 is 1.31 bits per heavy atom. The van der Waals surface area contributed by atoms with Gasteiger partial charge in [-0.05, 0) is 45.0 Å². The van der Waals surface area contributed by atoms with Crippen molar-refractivity contribution in [3.05, 3.63) is 36.4 Å². The van der Waals surface area contributed by atoms with Crippen LogP contribution in [0.4, 0.5) is 0 Å². The molecule has 7 nitrogen and oxygen atoms in total. The quantitative estimate of drug-likeness (QED) is 0.412. The van der Waals surface area contributed by atoms with Crippen molar-refractivity contribution in [2.75, 3.05) is 31.3 Å². The van der Waals surface area contributed by atoms with Gasteiger partial charge in [0, 0.05) is 18.7 Å². The number of likely N-dealkylation sites (N-methyl/N-ethyl adjacent to an activating group) is 1. The molecule has 0 atom stereocenters. The fourth-order valence-electron chi connectivity index (χ4n) is 2.36. The van der Waals surface area contributed by atoms with Gasteiger partial charge in [-0.1, -0.05) is 23.9 Å². The highest BCUT2D eigenvalue weighted by Gasteiger charge is 2.16. The monoisotopic (exact) mass is 375 g/mol. The van der Waals surface area contributed by atoms with E-state index in [2.05, 4.69) is 16.8 Å². The highest BCUT2D eigenvalue weighted by molar-refractivity contribution is 7.99. The first-order valence-corrected chi connectivity index (χ1v) is 9.43. The van der Waals surface area contributed by atoms with Crippen LogP contribution in [0.15, 0.2) is 41.6 Å². The van der Waals surface area contributed by atoms with Gasteiger partial charge in [-0.3, -0.25) is 4.79 Å². The first kappa shape index (κ1) is 19.8. The second kappa shape index (κ2) is 9.28. The third-order valence-electron chi connectivity index (χ3n) is 3.61. The van der Waals surface area contributed by atoms with Crippen molar-refractivity contribution in [2.24, 2.45) is 0 Å². The molecule has 2 N–H and O–H groups in total. The molecule has 26 heavy (non-hydrogen) atoms. The molecule has 0 saturated carbocycles. The maximum Gasteiger partial charge on any atom is 0.233 e. The van der Waals surface area contributed by atoms with Crippen LogP contribution in [-0.2, 0) is 4.79 Å². The second-order valence-corrected chi connectivity index (χ2v) is 6.73. The van der Waals surface area contributed by atoms with Gasteiger partial charge in [-0.2, -0.15) is 0 Å². The second-order valence-electron chi connectivity index (χ2n) is 5.79. The van der Waals surface area contributed by atoms with Gasteiger partial charge >= 0.3 is 0 Å². The van der Waals surface area contributed by atoms with Crippen molar-refractivity contribution in [1.29, 1.82) is 0 Å². The SMILES string of the molecule is C=C(C)CN(CC)C(=O)CSc1nnc(-c2ccc(OCC)cc2)n1N. The van der Waals surface area contributed by atoms with Crippen LogP contribution >= 0.6 is 11.8 Å². The normalized spacial score (nSPS) is 10.6. The van der Waals surface area contributed by atoms with Crippen molar-refractivity contribution in [3.63, 3.8) is 0 Å². The molecule has 140 valence electrons. The largest absolute Gasteiger partial charge is 0.494 e. The van der Waals surface area contributed by atoms with Crippen LogP contribution in [0.3, 0.4) is 0 Å². The summed E-state index contributed by atoms with van der Waals surface area (Å²) in [7, 11) is 0. The number of ether oxygens (including phenoxy) is 1. The molecular formula is C18H25N5O2S. The number of carbonyl (C=O) groups excluding carboxylic acids is 1. The van der Waals surface area contributed by atoms with Gasteiger partial charge in [0.25, 0.3) is 0 Å². The first-order valence-electron chi connectivity index (χ1n) is 8.44. The van der Waals surface area contributed by atoms with Crippen molar-refractivity contribution in [2.45, 2.75) is 25.9 Å². The molecule has 0 spiro atoms. The third kappa shape index (κ3) is 5.01. The molecule has 0 bridgehead atoms. The molecule has 0 aliphatic rings. The molecule has 1 aromatic heterocycles. The highest BCUT2D eigenvalue weighted by atomic mass is 32.2. The predicted octanol–water partition coefficient (Wildman–Crippen LogP) is 2.57. The zero-order valence-electron chi connectivity index (χ0n) is 15.4. The van der Waals surface area contributed by atoms with Crippen LogP contribution in [0, 0.1) is 0 Å². The molecule has 0 aliphatic carbocycles. The van der Waals surface area contributed by atoms with E-state index in [0.29, 0.717) is 30.7 Å². The molecule has 0 fully saturated rings. The minimum atomic E-state index is 0.0196. The minimum Gasteiger partial charge on any atom is -0.494 e. The topological polar surface area (TPSA) is 86.3 Å². The molecule has 2 aromatic rings. The summed E-state index contributed by atoms with van der Waals surface area (Å²) in [5, 5.41) is 8.73. The maximum absolute atomic E-state index is 12.3. The predicted molar refractivity (Wildman–Crippen MR) is 105 cm³/mol. The van der Waals surface area contributed by atoms with Crippen molar-refractivity contribution in [3.8, 4) is 17.1 Å². The Kier molecular flexibility index (Phi) is 7.08. The molecule has 0 radical (unpaired) electrons. The van der Waals surface area contributed by atoms with Gasteiger partial charge in [0.2, 0.25) is 11.1 Å². The number of carbonyl (C=O) groups is 1. The van der Waals surface area contributed by atoms with Crippen LogP contribution in [0.5, 0.6) is 5.75 Å².